The van der Waals surface area contributed by atoms with E-state index in [0.717, 1.165) is 16.6 Å². The van der Waals surface area contributed by atoms with Crippen molar-refractivity contribution in [2.24, 2.45) is 0 Å². The summed E-state index contributed by atoms with van der Waals surface area (Å²) in [4.78, 5) is 32.5. The zero-order valence-corrected chi connectivity index (χ0v) is 13.2. The van der Waals surface area contributed by atoms with Crippen LogP contribution in [0.25, 0.3) is 16.8 Å². The highest BCUT2D eigenvalue weighted by atomic mass is 16.2. The summed E-state index contributed by atoms with van der Waals surface area (Å²) in [5.74, 6) is 0.557. The number of para-hydroxylation sites is 2. The maximum Gasteiger partial charge on any atom is 0.258 e. The molecule has 3 heterocycles. The molecule has 1 aliphatic heterocycles. The molecular weight excluding hydrogens is 316 g/mol. The van der Waals surface area contributed by atoms with Crippen molar-refractivity contribution in [3.05, 3.63) is 76.1 Å². The highest BCUT2D eigenvalue weighted by molar-refractivity contribution is 5.96. The molecule has 0 saturated heterocycles. The number of hydrogen-bond acceptors (Lipinski definition) is 3. The second-order valence-electron chi connectivity index (χ2n) is 6.19. The molecule has 0 saturated carbocycles. The van der Waals surface area contributed by atoms with Crippen LogP contribution in [-0.4, -0.2) is 20.3 Å². The number of imidazole rings is 1. The number of nitrogens with one attached hydrogen (secondary N) is 2. The van der Waals surface area contributed by atoms with Crippen molar-refractivity contribution in [3.63, 3.8) is 0 Å². The Bertz CT molecular complexity index is 1190. The first-order valence-corrected chi connectivity index (χ1v) is 8.10. The second kappa shape index (κ2) is 5.04. The van der Waals surface area contributed by atoms with Gasteiger partial charge in [-0.15, -0.1) is 0 Å². The van der Waals surface area contributed by atoms with E-state index >= 15 is 0 Å². The fraction of sp³-hybridized carbons (Fsp3) is 0.105. The van der Waals surface area contributed by atoms with Gasteiger partial charge in [0.1, 0.15) is 5.82 Å². The molecular formula is C19H14N4O2. The van der Waals surface area contributed by atoms with E-state index in [2.05, 4.69) is 15.3 Å². The molecule has 1 aliphatic rings. The van der Waals surface area contributed by atoms with E-state index in [1.165, 1.54) is 0 Å². The van der Waals surface area contributed by atoms with Gasteiger partial charge < -0.3 is 5.32 Å². The Morgan fingerprint density at radius 3 is 2.60 bits per heavy atom. The van der Waals surface area contributed by atoms with Gasteiger partial charge in [-0.25, -0.2) is 4.98 Å². The van der Waals surface area contributed by atoms with Crippen LogP contribution in [0.4, 0.5) is 5.82 Å². The monoisotopic (exact) mass is 330 g/mol. The van der Waals surface area contributed by atoms with Crippen LogP contribution in [0.3, 0.4) is 0 Å². The topological polar surface area (TPSA) is 79.3 Å². The second-order valence-corrected chi connectivity index (χ2v) is 6.19. The molecule has 0 radical (unpaired) electrons. The number of benzene rings is 2. The summed E-state index contributed by atoms with van der Waals surface area (Å²) < 4.78 is 1.82. The number of rotatable bonds is 1. The molecule has 0 spiro atoms. The van der Waals surface area contributed by atoms with Crippen LogP contribution < -0.4 is 10.9 Å². The van der Waals surface area contributed by atoms with Gasteiger partial charge in [-0.2, -0.15) is 0 Å². The molecule has 6 heteroatoms. The summed E-state index contributed by atoms with van der Waals surface area (Å²) in [6.07, 6.45) is 0.248. The predicted molar refractivity (Wildman–Crippen MR) is 94.9 cm³/mol. The third-order valence-electron chi connectivity index (χ3n) is 4.71. The highest BCUT2D eigenvalue weighted by Gasteiger charge is 2.31. The first-order chi connectivity index (χ1) is 12.2. The SMILES string of the molecule is O=C1C[C@H](c2ccccc2)c2c(n3c(nc4ccccc43)[nH]c2=O)N1. The Hall–Kier alpha value is -3.41. The minimum absolute atomic E-state index is 0.106. The summed E-state index contributed by atoms with van der Waals surface area (Å²) in [5, 5.41) is 2.89. The van der Waals surface area contributed by atoms with Crippen LogP contribution in [0.2, 0.25) is 0 Å². The lowest BCUT2D eigenvalue weighted by Gasteiger charge is -2.25. The van der Waals surface area contributed by atoms with Gasteiger partial charge in [0.25, 0.3) is 5.56 Å². The fourth-order valence-corrected chi connectivity index (χ4v) is 3.62. The lowest BCUT2D eigenvalue weighted by molar-refractivity contribution is -0.116. The molecule has 5 rings (SSSR count). The summed E-state index contributed by atoms with van der Waals surface area (Å²) in [5.41, 5.74) is 2.92. The number of nitrogens with zero attached hydrogens (tertiary/aromatic N) is 2. The van der Waals surface area contributed by atoms with Gasteiger partial charge in [0.15, 0.2) is 0 Å². The van der Waals surface area contributed by atoms with E-state index in [1.54, 1.807) is 0 Å². The Kier molecular flexibility index (Phi) is 2.82. The Labute approximate surface area is 142 Å². The van der Waals surface area contributed by atoms with E-state index in [-0.39, 0.29) is 23.8 Å². The van der Waals surface area contributed by atoms with Gasteiger partial charge in [-0.1, -0.05) is 42.5 Å². The smallest absolute Gasteiger partial charge is 0.258 e. The van der Waals surface area contributed by atoms with Gasteiger partial charge in [0, 0.05) is 12.3 Å². The van der Waals surface area contributed by atoms with Crippen molar-refractivity contribution < 1.29 is 4.79 Å². The van der Waals surface area contributed by atoms with Crippen LogP contribution in [-0.2, 0) is 4.79 Å². The van der Waals surface area contributed by atoms with Crippen molar-refractivity contribution in [2.75, 3.05) is 5.32 Å². The number of carbonyl (C=O) groups is 1. The van der Waals surface area contributed by atoms with E-state index < -0.39 is 0 Å². The number of fused-ring (bicyclic) bond motifs is 5. The van der Waals surface area contributed by atoms with Gasteiger partial charge in [0.2, 0.25) is 11.7 Å². The first-order valence-electron chi connectivity index (χ1n) is 8.10. The van der Waals surface area contributed by atoms with E-state index in [1.807, 2.05) is 59.0 Å². The third-order valence-corrected chi connectivity index (χ3v) is 4.71. The largest absolute Gasteiger partial charge is 0.311 e. The quantitative estimate of drug-likeness (QED) is 0.563. The van der Waals surface area contributed by atoms with Crippen molar-refractivity contribution in [1.82, 2.24) is 14.4 Å². The Balaban J connectivity index is 1.89. The Morgan fingerprint density at radius 1 is 1.00 bits per heavy atom. The van der Waals surface area contributed by atoms with Crippen molar-refractivity contribution in [1.29, 1.82) is 0 Å². The minimum Gasteiger partial charge on any atom is -0.311 e. The molecule has 0 fully saturated rings. The molecule has 0 unspecified atom stereocenters. The molecule has 0 aliphatic carbocycles. The van der Waals surface area contributed by atoms with Crippen molar-refractivity contribution in [3.8, 4) is 0 Å². The van der Waals surface area contributed by atoms with Crippen LogP contribution in [0.1, 0.15) is 23.5 Å². The Morgan fingerprint density at radius 2 is 1.76 bits per heavy atom. The van der Waals surface area contributed by atoms with Crippen LogP contribution in [0.5, 0.6) is 0 Å². The van der Waals surface area contributed by atoms with E-state index in [0.29, 0.717) is 17.2 Å². The van der Waals surface area contributed by atoms with Gasteiger partial charge in [-0.05, 0) is 17.7 Å². The number of hydrogen-bond donors (Lipinski definition) is 2. The van der Waals surface area contributed by atoms with Crippen molar-refractivity contribution in [2.45, 2.75) is 12.3 Å². The van der Waals surface area contributed by atoms with Crippen LogP contribution >= 0.6 is 0 Å². The molecule has 0 bridgehead atoms. The lowest BCUT2D eigenvalue weighted by atomic mass is 9.87. The maximum atomic E-state index is 12.8. The summed E-state index contributed by atoms with van der Waals surface area (Å²) in [6.45, 7) is 0. The van der Waals surface area contributed by atoms with Gasteiger partial charge in [-0.3, -0.25) is 19.0 Å². The standard InChI is InChI=1S/C19H14N4O2/c24-15-10-12(11-6-2-1-3-7-11)16-17(21-15)23-14-9-5-4-8-13(14)20-19(23)22-18(16)25/h1-9,12H,10H2,(H,21,24)(H,20,22,25)/t12-/m1/s1. The predicted octanol–water partition coefficient (Wildman–Crippen LogP) is 2.65. The first kappa shape index (κ1) is 14.0. The van der Waals surface area contributed by atoms with E-state index in [4.69, 9.17) is 0 Å². The molecule has 1 atom stereocenters. The molecule has 2 aromatic carbocycles. The normalized spacial score (nSPS) is 16.8. The lowest BCUT2D eigenvalue weighted by Crippen LogP contribution is -2.32. The number of aromatic nitrogens is 3. The highest BCUT2D eigenvalue weighted by Crippen LogP contribution is 2.35. The molecule has 1 amide bonds. The minimum atomic E-state index is -0.278. The van der Waals surface area contributed by atoms with E-state index in [9.17, 15) is 9.59 Å². The number of amides is 1. The van der Waals surface area contributed by atoms with Gasteiger partial charge >= 0.3 is 0 Å². The number of H-pyrrole nitrogens is 1. The van der Waals surface area contributed by atoms with Crippen LogP contribution in [0, 0.1) is 0 Å². The summed E-state index contributed by atoms with van der Waals surface area (Å²) in [7, 11) is 0. The average molecular weight is 330 g/mol. The van der Waals surface area contributed by atoms with Crippen molar-refractivity contribution >= 4 is 28.5 Å². The van der Waals surface area contributed by atoms with Crippen LogP contribution in [0.15, 0.2) is 59.4 Å². The fourth-order valence-electron chi connectivity index (χ4n) is 3.62. The summed E-state index contributed by atoms with van der Waals surface area (Å²) >= 11 is 0. The zero-order chi connectivity index (χ0) is 17.0. The molecule has 4 aromatic rings. The molecule has 6 nitrogen and oxygen atoms in total. The molecule has 2 aromatic heterocycles. The zero-order valence-electron chi connectivity index (χ0n) is 13.2. The average Bonchev–Trinajstić information content (AvgIpc) is 3.00. The third kappa shape index (κ3) is 2.00. The number of aromatic amines is 1. The molecule has 122 valence electrons. The summed E-state index contributed by atoms with van der Waals surface area (Å²) in [6, 6.07) is 17.3. The number of anilines is 1. The molecule has 2 N–H and O–H groups in total. The number of carbonyl (C=O) groups excluding carboxylic acids is 1. The van der Waals surface area contributed by atoms with Gasteiger partial charge in [0.05, 0.1) is 16.6 Å². The molecule has 25 heavy (non-hydrogen) atoms. The maximum absolute atomic E-state index is 12.8.